The Morgan fingerprint density at radius 2 is 1.79 bits per heavy atom. The molecule has 7 heteroatoms. The molecule has 2 heterocycles. The summed E-state index contributed by atoms with van der Waals surface area (Å²) < 4.78 is 11.3. The predicted molar refractivity (Wildman–Crippen MR) is 105 cm³/mol. The van der Waals surface area contributed by atoms with Crippen LogP contribution in [0.4, 0.5) is 0 Å². The van der Waals surface area contributed by atoms with E-state index < -0.39 is 24.0 Å². The lowest BCUT2D eigenvalue weighted by Crippen LogP contribution is -2.32. The number of carbonyl (C=O) groups is 2. The fraction of sp³-hybridized carbons (Fsp3) is 0.381. The Balaban J connectivity index is 2.18. The third-order valence-electron chi connectivity index (χ3n) is 4.92. The van der Waals surface area contributed by atoms with Crippen molar-refractivity contribution in [3.8, 4) is 0 Å². The third-order valence-corrected chi connectivity index (χ3v) is 4.92. The molecule has 0 radical (unpaired) electrons. The van der Waals surface area contributed by atoms with Crippen molar-refractivity contribution < 1.29 is 23.5 Å². The molecule has 0 aliphatic rings. The quantitative estimate of drug-likeness (QED) is 0.668. The van der Waals surface area contributed by atoms with Crippen LogP contribution in [0.5, 0.6) is 0 Å². The van der Waals surface area contributed by atoms with Crippen LogP contribution in [0.15, 0.2) is 26.0 Å². The summed E-state index contributed by atoms with van der Waals surface area (Å²) in [5.74, 6) is -1.70. The molecule has 1 amide bonds. The summed E-state index contributed by atoms with van der Waals surface area (Å²) in [6.07, 6.45) is 1.48. The number of amides is 1. The van der Waals surface area contributed by atoms with E-state index in [9.17, 15) is 14.4 Å². The minimum Gasteiger partial charge on any atom is -0.480 e. The maximum atomic E-state index is 12.5. The van der Waals surface area contributed by atoms with Gasteiger partial charge in [-0.3, -0.25) is 9.59 Å². The van der Waals surface area contributed by atoms with Crippen LogP contribution in [0.2, 0.25) is 0 Å². The van der Waals surface area contributed by atoms with E-state index in [1.807, 2.05) is 13.0 Å². The summed E-state index contributed by atoms with van der Waals surface area (Å²) in [4.78, 5) is 35.1. The highest BCUT2D eigenvalue weighted by atomic mass is 16.4. The van der Waals surface area contributed by atoms with Crippen molar-refractivity contribution in [2.75, 3.05) is 6.54 Å². The van der Waals surface area contributed by atoms with E-state index in [0.717, 1.165) is 21.9 Å². The predicted octanol–water partition coefficient (Wildman–Crippen LogP) is 3.20. The largest absolute Gasteiger partial charge is 0.480 e. The Morgan fingerprint density at radius 3 is 2.39 bits per heavy atom. The van der Waals surface area contributed by atoms with E-state index in [-0.39, 0.29) is 17.4 Å². The van der Waals surface area contributed by atoms with E-state index in [2.05, 4.69) is 26.1 Å². The Hall–Kier alpha value is -3.09. The molecule has 0 atom stereocenters. The van der Waals surface area contributed by atoms with Crippen LogP contribution in [0.3, 0.4) is 0 Å². The van der Waals surface area contributed by atoms with Gasteiger partial charge in [0, 0.05) is 21.9 Å². The highest BCUT2D eigenvalue weighted by molar-refractivity contribution is 6.00. The lowest BCUT2D eigenvalue weighted by molar-refractivity contribution is -0.137. The van der Waals surface area contributed by atoms with Crippen LogP contribution in [0.25, 0.3) is 21.9 Å². The molecule has 0 spiro atoms. The van der Waals surface area contributed by atoms with E-state index in [0.29, 0.717) is 16.7 Å². The number of carboxylic acids is 1. The number of carbonyl (C=O) groups excluding carboxylic acids is 1. The SMILES string of the molecule is Cc1c(CC(=O)NCC(=O)O)c(=O)oc2c(C)c3occ(C(C)(C)C)c3cc12. The van der Waals surface area contributed by atoms with Crippen LogP contribution in [0, 0.1) is 13.8 Å². The first-order valence-electron chi connectivity index (χ1n) is 8.96. The number of aliphatic carboxylic acids is 1. The van der Waals surface area contributed by atoms with Crippen molar-refractivity contribution in [3.05, 3.63) is 45.0 Å². The number of hydrogen-bond acceptors (Lipinski definition) is 5. The molecule has 0 saturated carbocycles. The Labute approximate surface area is 161 Å². The molecule has 7 nitrogen and oxygen atoms in total. The van der Waals surface area contributed by atoms with Gasteiger partial charge in [-0.05, 0) is 30.9 Å². The number of nitrogens with one attached hydrogen (secondary N) is 1. The van der Waals surface area contributed by atoms with Crippen LogP contribution in [0.1, 0.15) is 43.0 Å². The van der Waals surface area contributed by atoms with Crippen LogP contribution < -0.4 is 10.9 Å². The summed E-state index contributed by atoms with van der Waals surface area (Å²) in [5, 5.41) is 12.6. The average Bonchev–Trinajstić information content (AvgIpc) is 3.02. The second-order valence-corrected chi connectivity index (χ2v) is 7.99. The summed E-state index contributed by atoms with van der Waals surface area (Å²) in [6, 6.07) is 1.93. The smallest absolute Gasteiger partial charge is 0.340 e. The Kier molecular flexibility index (Phi) is 4.79. The topological polar surface area (TPSA) is 110 Å². The lowest BCUT2D eigenvalue weighted by Gasteiger charge is -2.17. The first-order chi connectivity index (χ1) is 13.0. The molecule has 3 rings (SSSR count). The monoisotopic (exact) mass is 385 g/mol. The number of hydrogen-bond donors (Lipinski definition) is 2. The number of carboxylic acid groups (broad SMARTS) is 1. The van der Waals surface area contributed by atoms with E-state index in [1.165, 1.54) is 0 Å². The average molecular weight is 385 g/mol. The molecule has 0 aliphatic carbocycles. The lowest BCUT2D eigenvalue weighted by atomic mass is 9.86. The Morgan fingerprint density at radius 1 is 1.11 bits per heavy atom. The number of rotatable bonds is 4. The molecular formula is C21H23NO6. The van der Waals surface area contributed by atoms with Crippen LogP contribution in [-0.4, -0.2) is 23.5 Å². The maximum absolute atomic E-state index is 12.5. The van der Waals surface area contributed by atoms with E-state index in [4.69, 9.17) is 13.9 Å². The summed E-state index contributed by atoms with van der Waals surface area (Å²) in [5.41, 5.74) is 2.99. The summed E-state index contributed by atoms with van der Waals surface area (Å²) in [6.45, 7) is 9.37. The highest BCUT2D eigenvalue weighted by Crippen LogP contribution is 2.37. The second kappa shape index (κ2) is 6.82. The molecule has 0 aliphatic heterocycles. The van der Waals surface area contributed by atoms with Gasteiger partial charge in [-0.1, -0.05) is 20.8 Å². The molecule has 0 bridgehead atoms. The number of aryl methyl sites for hydroxylation is 2. The fourth-order valence-corrected chi connectivity index (χ4v) is 3.38. The highest BCUT2D eigenvalue weighted by Gasteiger charge is 2.24. The van der Waals surface area contributed by atoms with Crippen molar-refractivity contribution >= 4 is 33.8 Å². The number of fused-ring (bicyclic) bond motifs is 2. The molecule has 148 valence electrons. The number of furan rings is 1. The molecular weight excluding hydrogens is 362 g/mol. The second-order valence-electron chi connectivity index (χ2n) is 7.99. The molecule has 1 aromatic carbocycles. The van der Waals surface area contributed by atoms with Gasteiger partial charge in [0.1, 0.15) is 17.7 Å². The minimum absolute atomic E-state index is 0.131. The zero-order valence-electron chi connectivity index (χ0n) is 16.6. The van der Waals surface area contributed by atoms with Gasteiger partial charge in [0.05, 0.1) is 18.2 Å². The third kappa shape index (κ3) is 3.40. The van der Waals surface area contributed by atoms with E-state index in [1.54, 1.807) is 13.2 Å². The van der Waals surface area contributed by atoms with Crippen LogP contribution >= 0.6 is 0 Å². The first kappa shape index (κ1) is 19.7. The minimum atomic E-state index is -1.15. The molecule has 3 aromatic rings. The molecule has 2 aromatic heterocycles. The van der Waals surface area contributed by atoms with Gasteiger partial charge >= 0.3 is 11.6 Å². The maximum Gasteiger partial charge on any atom is 0.340 e. The molecule has 28 heavy (non-hydrogen) atoms. The Bertz CT molecular complexity index is 1160. The molecule has 0 saturated heterocycles. The van der Waals surface area contributed by atoms with Gasteiger partial charge in [0.15, 0.2) is 0 Å². The zero-order chi connectivity index (χ0) is 20.8. The van der Waals surface area contributed by atoms with Crippen molar-refractivity contribution in [1.29, 1.82) is 0 Å². The molecule has 0 unspecified atom stereocenters. The first-order valence-corrected chi connectivity index (χ1v) is 8.96. The number of benzene rings is 1. The zero-order valence-corrected chi connectivity index (χ0v) is 16.6. The van der Waals surface area contributed by atoms with Crippen LogP contribution in [-0.2, 0) is 21.4 Å². The normalized spacial score (nSPS) is 11.9. The van der Waals surface area contributed by atoms with Gasteiger partial charge in [0.25, 0.3) is 0 Å². The summed E-state index contributed by atoms with van der Waals surface area (Å²) >= 11 is 0. The van der Waals surface area contributed by atoms with Gasteiger partial charge in [0.2, 0.25) is 5.91 Å². The fourth-order valence-electron chi connectivity index (χ4n) is 3.38. The van der Waals surface area contributed by atoms with Crippen molar-refractivity contribution in [2.45, 2.75) is 46.5 Å². The van der Waals surface area contributed by atoms with Gasteiger partial charge < -0.3 is 19.3 Å². The summed E-state index contributed by atoms with van der Waals surface area (Å²) in [7, 11) is 0. The van der Waals surface area contributed by atoms with Crippen molar-refractivity contribution in [1.82, 2.24) is 5.32 Å². The van der Waals surface area contributed by atoms with Gasteiger partial charge in [-0.2, -0.15) is 0 Å². The molecule has 2 N–H and O–H groups in total. The standard InChI is InChI=1S/C21H23NO6/c1-10-12-6-14-15(21(3,4)5)9-27-18(14)11(2)19(12)28-20(26)13(10)7-16(23)22-8-17(24)25/h6,9H,7-8H2,1-5H3,(H,22,23)(H,24,25). The van der Waals surface area contributed by atoms with E-state index >= 15 is 0 Å². The van der Waals surface area contributed by atoms with Crippen molar-refractivity contribution in [3.63, 3.8) is 0 Å². The molecule has 0 fully saturated rings. The van der Waals surface area contributed by atoms with Gasteiger partial charge in [-0.25, -0.2) is 4.79 Å². The van der Waals surface area contributed by atoms with Crippen molar-refractivity contribution in [2.24, 2.45) is 0 Å². The van der Waals surface area contributed by atoms with Gasteiger partial charge in [-0.15, -0.1) is 0 Å².